The summed E-state index contributed by atoms with van der Waals surface area (Å²) in [5.41, 5.74) is 1.72. The second-order valence-electron chi connectivity index (χ2n) is 5.82. The van der Waals surface area contributed by atoms with Gasteiger partial charge >= 0.3 is 0 Å². The number of nitrogens with one attached hydrogen (secondary N) is 1. The maximum Gasteiger partial charge on any atom is 0.251 e. The van der Waals surface area contributed by atoms with Crippen LogP contribution in [0.3, 0.4) is 0 Å². The quantitative estimate of drug-likeness (QED) is 0.818. The Hall–Kier alpha value is -1.00. The van der Waals surface area contributed by atoms with E-state index in [4.69, 9.17) is 0 Å². The molecule has 0 spiro atoms. The van der Waals surface area contributed by atoms with Crippen LogP contribution in [0.2, 0.25) is 0 Å². The zero-order valence-electron chi connectivity index (χ0n) is 12.4. The largest absolute Gasteiger partial charge is 0.352 e. The molecule has 0 radical (unpaired) electrons. The molecule has 1 fully saturated rings. The highest BCUT2D eigenvalue weighted by Crippen LogP contribution is 2.14. The van der Waals surface area contributed by atoms with Crippen molar-refractivity contribution in [1.29, 1.82) is 0 Å². The summed E-state index contributed by atoms with van der Waals surface area (Å²) in [6.45, 7) is 8.37. The molecule has 0 aromatic heterocycles. The molecule has 0 saturated carbocycles. The highest BCUT2D eigenvalue weighted by molar-refractivity contribution is 7.80. The summed E-state index contributed by atoms with van der Waals surface area (Å²) in [4.78, 5) is 15.5. The van der Waals surface area contributed by atoms with Crippen LogP contribution < -0.4 is 5.32 Å². The maximum absolute atomic E-state index is 12.2. The summed E-state index contributed by atoms with van der Waals surface area (Å²) < 4.78 is 0. The summed E-state index contributed by atoms with van der Waals surface area (Å²) in [7, 11) is 0. The Kier molecular flexibility index (Phi) is 5.49. The summed E-state index contributed by atoms with van der Waals surface area (Å²) in [5.74, 6) is 0.489. The van der Waals surface area contributed by atoms with E-state index in [1.54, 1.807) is 0 Å². The van der Waals surface area contributed by atoms with Crippen molar-refractivity contribution in [3.63, 3.8) is 0 Å². The normalized spacial score (nSPS) is 17.1. The monoisotopic (exact) mass is 292 g/mol. The lowest BCUT2D eigenvalue weighted by Gasteiger charge is -2.20. The van der Waals surface area contributed by atoms with Gasteiger partial charge in [-0.2, -0.15) is 0 Å². The van der Waals surface area contributed by atoms with Crippen LogP contribution in [0.15, 0.2) is 23.1 Å². The predicted molar refractivity (Wildman–Crippen MR) is 85.6 cm³/mol. The van der Waals surface area contributed by atoms with Crippen LogP contribution in [-0.2, 0) is 0 Å². The molecule has 3 nitrogen and oxygen atoms in total. The van der Waals surface area contributed by atoms with Gasteiger partial charge in [0.05, 0.1) is 0 Å². The summed E-state index contributed by atoms with van der Waals surface area (Å²) >= 11 is 4.30. The molecule has 1 unspecified atom stereocenters. The van der Waals surface area contributed by atoms with Crippen molar-refractivity contribution >= 4 is 18.5 Å². The van der Waals surface area contributed by atoms with Gasteiger partial charge in [-0.15, -0.1) is 12.6 Å². The van der Waals surface area contributed by atoms with E-state index in [0.717, 1.165) is 29.1 Å². The number of hydrogen-bond acceptors (Lipinski definition) is 3. The standard InChI is InChI=1S/C16H24N2OS/c1-12(11-18-7-3-4-8-18)10-17-16(19)15-9-14(20)6-5-13(15)2/h5-6,9,12,20H,3-4,7-8,10-11H2,1-2H3,(H,17,19). The molecule has 1 atom stereocenters. The third-order valence-electron chi connectivity index (χ3n) is 3.85. The van der Waals surface area contributed by atoms with Crippen molar-refractivity contribution in [3.8, 4) is 0 Å². The van der Waals surface area contributed by atoms with Crippen LogP contribution in [0, 0.1) is 12.8 Å². The highest BCUT2D eigenvalue weighted by atomic mass is 32.1. The number of amides is 1. The van der Waals surface area contributed by atoms with Gasteiger partial charge in [0.1, 0.15) is 0 Å². The average Bonchev–Trinajstić information content (AvgIpc) is 2.91. The van der Waals surface area contributed by atoms with Crippen molar-refractivity contribution < 1.29 is 4.79 Å². The Balaban J connectivity index is 1.83. The number of aryl methyl sites for hydroxylation is 1. The van der Waals surface area contributed by atoms with E-state index in [-0.39, 0.29) is 5.91 Å². The highest BCUT2D eigenvalue weighted by Gasteiger charge is 2.16. The molecule has 1 amide bonds. The van der Waals surface area contributed by atoms with Crippen LogP contribution in [0.25, 0.3) is 0 Å². The van der Waals surface area contributed by atoms with E-state index < -0.39 is 0 Å². The minimum Gasteiger partial charge on any atom is -0.352 e. The van der Waals surface area contributed by atoms with Gasteiger partial charge in [-0.1, -0.05) is 13.0 Å². The molecule has 2 rings (SSSR count). The molecular weight excluding hydrogens is 268 g/mol. The van der Waals surface area contributed by atoms with Gasteiger partial charge in [0.2, 0.25) is 0 Å². The van der Waals surface area contributed by atoms with Gasteiger partial charge in [0, 0.05) is 23.5 Å². The Labute approximate surface area is 127 Å². The number of rotatable bonds is 5. The molecule has 1 heterocycles. The lowest BCUT2D eigenvalue weighted by molar-refractivity contribution is 0.0944. The lowest BCUT2D eigenvalue weighted by Crippen LogP contribution is -2.34. The first-order valence-electron chi connectivity index (χ1n) is 7.36. The predicted octanol–water partition coefficient (Wildman–Crippen LogP) is 2.75. The third kappa shape index (κ3) is 4.25. The third-order valence-corrected chi connectivity index (χ3v) is 4.12. The molecule has 1 N–H and O–H groups in total. The fourth-order valence-electron chi connectivity index (χ4n) is 2.69. The number of carbonyl (C=O) groups excluding carboxylic acids is 1. The number of benzene rings is 1. The first kappa shape index (κ1) is 15.4. The van der Waals surface area contributed by atoms with Crippen molar-refractivity contribution in [1.82, 2.24) is 10.2 Å². The first-order valence-corrected chi connectivity index (χ1v) is 7.81. The second-order valence-corrected chi connectivity index (χ2v) is 6.34. The molecule has 1 aliphatic heterocycles. The van der Waals surface area contributed by atoms with Crippen molar-refractivity contribution in [2.75, 3.05) is 26.2 Å². The smallest absolute Gasteiger partial charge is 0.251 e. The topological polar surface area (TPSA) is 32.3 Å². The zero-order chi connectivity index (χ0) is 14.5. The summed E-state index contributed by atoms with van der Waals surface area (Å²) in [6, 6.07) is 5.68. The van der Waals surface area contributed by atoms with Crippen LogP contribution in [0.5, 0.6) is 0 Å². The maximum atomic E-state index is 12.2. The van der Waals surface area contributed by atoms with Gasteiger partial charge in [0.15, 0.2) is 0 Å². The minimum atomic E-state index is 0.00618. The SMILES string of the molecule is Cc1ccc(S)cc1C(=O)NCC(C)CN1CCCC1. The van der Waals surface area contributed by atoms with E-state index in [1.165, 1.54) is 25.9 Å². The van der Waals surface area contributed by atoms with E-state index in [0.29, 0.717) is 5.92 Å². The molecule has 20 heavy (non-hydrogen) atoms. The molecule has 1 saturated heterocycles. The van der Waals surface area contributed by atoms with Gasteiger partial charge in [-0.05, 0) is 56.5 Å². The van der Waals surface area contributed by atoms with Crippen LogP contribution in [-0.4, -0.2) is 37.0 Å². The van der Waals surface area contributed by atoms with Crippen molar-refractivity contribution in [3.05, 3.63) is 29.3 Å². The van der Waals surface area contributed by atoms with Crippen molar-refractivity contribution in [2.45, 2.75) is 31.6 Å². The molecular formula is C16H24N2OS. The van der Waals surface area contributed by atoms with Crippen LogP contribution in [0.1, 0.15) is 35.7 Å². The van der Waals surface area contributed by atoms with E-state index in [1.807, 2.05) is 25.1 Å². The molecule has 1 aliphatic rings. The van der Waals surface area contributed by atoms with Crippen LogP contribution in [0.4, 0.5) is 0 Å². The number of carbonyl (C=O) groups is 1. The fourth-order valence-corrected chi connectivity index (χ4v) is 2.89. The first-order chi connectivity index (χ1) is 9.56. The van der Waals surface area contributed by atoms with Gasteiger partial charge in [-0.25, -0.2) is 0 Å². The number of likely N-dealkylation sites (tertiary alicyclic amines) is 1. The molecule has 0 aliphatic carbocycles. The molecule has 0 bridgehead atoms. The summed E-state index contributed by atoms with van der Waals surface area (Å²) in [6.07, 6.45) is 2.63. The number of thiol groups is 1. The Morgan fingerprint density at radius 2 is 2.10 bits per heavy atom. The molecule has 110 valence electrons. The molecule has 1 aromatic rings. The number of hydrogen-bond donors (Lipinski definition) is 2. The van der Waals surface area contributed by atoms with E-state index in [9.17, 15) is 4.79 Å². The van der Waals surface area contributed by atoms with Gasteiger partial charge in [-0.3, -0.25) is 4.79 Å². The van der Waals surface area contributed by atoms with Crippen LogP contribution >= 0.6 is 12.6 Å². The van der Waals surface area contributed by atoms with E-state index in [2.05, 4.69) is 29.8 Å². The number of nitrogens with zero attached hydrogens (tertiary/aromatic N) is 1. The lowest BCUT2D eigenvalue weighted by atomic mass is 10.1. The Bertz CT molecular complexity index is 470. The Morgan fingerprint density at radius 3 is 2.80 bits per heavy atom. The van der Waals surface area contributed by atoms with Gasteiger partial charge < -0.3 is 10.2 Å². The summed E-state index contributed by atoms with van der Waals surface area (Å²) in [5, 5.41) is 3.04. The zero-order valence-corrected chi connectivity index (χ0v) is 13.2. The fraction of sp³-hybridized carbons (Fsp3) is 0.562. The second kappa shape index (κ2) is 7.14. The van der Waals surface area contributed by atoms with Gasteiger partial charge in [0.25, 0.3) is 5.91 Å². The molecule has 4 heteroatoms. The van der Waals surface area contributed by atoms with Crippen molar-refractivity contribution in [2.24, 2.45) is 5.92 Å². The van der Waals surface area contributed by atoms with E-state index >= 15 is 0 Å². The minimum absolute atomic E-state index is 0.00618. The average molecular weight is 292 g/mol. The molecule has 1 aromatic carbocycles. The Morgan fingerprint density at radius 1 is 1.40 bits per heavy atom.